The van der Waals surface area contributed by atoms with E-state index in [1.165, 1.54) is 7.11 Å². The molecule has 0 spiro atoms. The molecular formula is C18H25IO5. The molecule has 0 saturated heterocycles. The number of methoxy groups -OCH3 is 1. The highest BCUT2D eigenvalue weighted by Gasteiger charge is 2.14. The number of halogens is 1. The molecular weight excluding hydrogens is 423 g/mol. The molecule has 0 heterocycles. The Bertz CT molecular complexity index is 606. The van der Waals surface area contributed by atoms with Gasteiger partial charge in [0.15, 0.2) is 11.5 Å². The molecule has 1 aromatic carbocycles. The van der Waals surface area contributed by atoms with Crippen molar-refractivity contribution in [1.29, 1.82) is 0 Å². The molecule has 0 amide bonds. The van der Waals surface area contributed by atoms with Crippen LogP contribution in [0.4, 0.5) is 0 Å². The number of hydrogen-bond donors (Lipinski definition) is 4. The third-order valence-corrected chi connectivity index (χ3v) is 4.47. The monoisotopic (exact) mass is 448 g/mol. The number of ether oxygens (including phenoxy) is 1. The first-order valence-corrected chi connectivity index (χ1v) is 8.85. The summed E-state index contributed by atoms with van der Waals surface area (Å²) in [6.07, 6.45) is 0.880. The van der Waals surface area contributed by atoms with Crippen LogP contribution < -0.4 is 4.74 Å². The lowest BCUT2D eigenvalue weighted by Gasteiger charge is -2.13. The van der Waals surface area contributed by atoms with E-state index >= 15 is 0 Å². The molecule has 2 atom stereocenters. The summed E-state index contributed by atoms with van der Waals surface area (Å²) in [6, 6.07) is 3.32. The molecule has 24 heavy (non-hydrogen) atoms. The molecule has 0 bridgehead atoms. The molecule has 0 radical (unpaired) electrons. The normalized spacial score (nSPS) is 13.3. The molecule has 0 aliphatic heterocycles. The van der Waals surface area contributed by atoms with Crippen LogP contribution in [-0.2, 0) is 0 Å². The minimum Gasteiger partial charge on any atom is -0.504 e. The molecule has 134 valence electrons. The SMILES string of the molecule is COc1cc([C@H](O)CC=C=C(C[C@@H](O)CO)C(C)C)cc(I)c1O. The second kappa shape index (κ2) is 10.1. The maximum absolute atomic E-state index is 10.3. The molecule has 4 N–H and O–H groups in total. The summed E-state index contributed by atoms with van der Waals surface area (Å²) in [6.45, 7) is 3.69. The van der Waals surface area contributed by atoms with E-state index in [2.05, 4.69) is 5.73 Å². The van der Waals surface area contributed by atoms with Gasteiger partial charge in [-0.1, -0.05) is 13.8 Å². The zero-order valence-electron chi connectivity index (χ0n) is 14.2. The Morgan fingerprint density at radius 3 is 2.54 bits per heavy atom. The molecule has 0 unspecified atom stereocenters. The maximum atomic E-state index is 10.3. The number of aliphatic hydroxyl groups is 3. The quantitative estimate of drug-likeness (QED) is 0.363. The molecule has 0 aliphatic rings. The highest BCUT2D eigenvalue weighted by Crippen LogP contribution is 2.35. The molecule has 0 aromatic heterocycles. The van der Waals surface area contributed by atoms with Gasteiger partial charge in [0.2, 0.25) is 0 Å². The highest BCUT2D eigenvalue weighted by molar-refractivity contribution is 14.1. The van der Waals surface area contributed by atoms with Gasteiger partial charge in [-0.05, 0) is 57.9 Å². The van der Waals surface area contributed by atoms with Crippen LogP contribution in [0.25, 0.3) is 0 Å². The summed E-state index contributed by atoms with van der Waals surface area (Å²) < 4.78 is 5.71. The van der Waals surface area contributed by atoms with Crippen LogP contribution in [0.1, 0.15) is 38.4 Å². The standard InChI is InChI=1S/C18H25IO5/c1-11(2)12(7-14(21)10-20)5-4-6-16(22)13-8-15(19)18(23)17(9-13)24-3/h4,8-9,11,14,16,20-23H,6-7,10H2,1-3H3/t5?,14-,16-/m1/s1. The lowest BCUT2D eigenvalue weighted by atomic mass is 9.97. The number of phenols is 1. The predicted molar refractivity (Wildman–Crippen MR) is 101 cm³/mol. The maximum Gasteiger partial charge on any atom is 0.171 e. The number of aliphatic hydroxyl groups excluding tert-OH is 3. The largest absolute Gasteiger partial charge is 0.504 e. The van der Waals surface area contributed by atoms with Gasteiger partial charge in [0.05, 0.1) is 29.5 Å². The van der Waals surface area contributed by atoms with Gasteiger partial charge in [0.1, 0.15) is 0 Å². The summed E-state index contributed by atoms with van der Waals surface area (Å²) in [5.41, 5.74) is 4.65. The van der Waals surface area contributed by atoms with E-state index in [0.717, 1.165) is 5.57 Å². The predicted octanol–water partition coefficient (Wildman–Crippen LogP) is 2.91. The Labute approximate surface area is 156 Å². The van der Waals surface area contributed by atoms with Gasteiger partial charge >= 0.3 is 0 Å². The van der Waals surface area contributed by atoms with Crippen LogP contribution in [0.2, 0.25) is 0 Å². The van der Waals surface area contributed by atoms with Gasteiger partial charge in [-0.2, -0.15) is 0 Å². The molecule has 1 aromatic rings. The van der Waals surface area contributed by atoms with Crippen molar-refractivity contribution in [2.24, 2.45) is 5.92 Å². The summed E-state index contributed by atoms with van der Waals surface area (Å²) in [7, 11) is 1.46. The van der Waals surface area contributed by atoms with Gasteiger partial charge < -0.3 is 25.2 Å². The molecule has 0 fully saturated rings. The van der Waals surface area contributed by atoms with E-state index in [9.17, 15) is 15.3 Å². The van der Waals surface area contributed by atoms with Crippen LogP contribution in [0.3, 0.4) is 0 Å². The van der Waals surface area contributed by atoms with Gasteiger partial charge in [-0.3, -0.25) is 0 Å². The summed E-state index contributed by atoms with van der Waals surface area (Å²) in [5, 5.41) is 38.7. The fraction of sp³-hybridized carbons (Fsp3) is 0.500. The zero-order chi connectivity index (χ0) is 18.3. The average molecular weight is 448 g/mol. The van der Waals surface area contributed by atoms with Crippen molar-refractivity contribution < 1.29 is 25.2 Å². The fourth-order valence-corrected chi connectivity index (χ4v) is 2.78. The van der Waals surface area contributed by atoms with Crippen molar-refractivity contribution in [2.75, 3.05) is 13.7 Å². The van der Waals surface area contributed by atoms with Gasteiger partial charge in [0, 0.05) is 12.8 Å². The summed E-state index contributed by atoms with van der Waals surface area (Å²) in [4.78, 5) is 0. The average Bonchev–Trinajstić information content (AvgIpc) is 2.55. The summed E-state index contributed by atoms with van der Waals surface area (Å²) in [5.74, 6) is 0.572. The van der Waals surface area contributed by atoms with Crippen molar-refractivity contribution in [3.05, 3.63) is 38.6 Å². The van der Waals surface area contributed by atoms with E-state index in [4.69, 9.17) is 9.84 Å². The Morgan fingerprint density at radius 2 is 2.00 bits per heavy atom. The van der Waals surface area contributed by atoms with E-state index < -0.39 is 12.2 Å². The number of hydrogen-bond acceptors (Lipinski definition) is 5. The van der Waals surface area contributed by atoms with Crippen molar-refractivity contribution in [3.63, 3.8) is 0 Å². The Morgan fingerprint density at radius 1 is 1.33 bits per heavy atom. The Balaban J connectivity index is 2.92. The van der Waals surface area contributed by atoms with Crippen LogP contribution >= 0.6 is 22.6 Å². The lowest BCUT2D eigenvalue weighted by molar-refractivity contribution is 0.0939. The van der Waals surface area contributed by atoms with Gasteiger partial charge in [-0.25, -0.2) is 0 Å². The van der Waals surface area contributed by atoms with E-state index in [-0.39, 0.29) is 18.3 Å². The zero-order valence-corrected chi connectivity index (χ0v) is 16.3. The molecule has 0 saturated carbocycles. The third-order valence-electron chi connectivity index (χ3n) is 3.65. The topological polar surface area (TPSA) is 90.2 Å². The van der Waals surface area contributed by atoms with E-state index in [1.807, 2.05) is 36.4 Å². The number of phenolic OH excluding ortho intramolecular Hbond substituents is 1. The van der Waals surface area contributed by atoms with Crippen LogP contribution in [0, 0.1) is 9.49 Å². The molecule has 1 rings (SSSR count). The third kappa shape index (κ3) is 6.11. The highest BCUT2D eigenvalue weighted by atomic mass is 127. The first-order valence-electron chi connectivity index (χ1n) is 7.77. The minimum absolute atomic E-state index is 0.0598. The van der Waals surface area contributed by atoms with E-state index in [1.54, 1.807) is 18.2 Å². The van der Waals surface area contributed by atoms with Crippen LogP contribution in [0.15, 0.2) is 29.5 Å². The number of rotatable bonds is 8. The Kier molecular flexibility index (Phi) is 8.80. The molecule has 0 aliphatic carbocycles. The van der Waals surface area contributed by atoms with Crippen molar-refractivity contribution in [1.82, 2.24) is 0 Å². The number of benzene rings is 1. The van der Waals surface area contributed by atoms with Crippen LogP contribution in [0.5, 0.6) is 11.5 Å². The van der Waals surface area contributed by atoms with Crippen molar-refractivity contribution in [2.45, 2.75) is 38.9 Å². The second-order valence-electron chi connectivity index (χ2n) is 5.87. The summed E-state index contributed by atoms with van der Waals surface area (Å²) >= 11 is 1.98. The number of aromatic hydroxyl groups is 1. The first-order chi connectivity index (χ1) is 11.3. The minimum atomic E-state index is -0.795. The molecule has 6 heteroatoms. The van der Waals surface area contributed by atoms with Gasteiger partial charge in [-0.15, -0.1) is 5.73 Å². The van der Waals surface area contributed by atoms with Crippen LogP contribution in [-0.4, -0.2) is 40.2 Å². The second-order valence-corrected chi connectivity index (χ2v) is 7.04. The molecule has 5 nitrogen and oxygen atoms in total. The fourth-order valence-electron chi connectivity index (χ4n) is 2.16. The van der Waals surface area contributed by atoms with Crippen molar-refractivity contribution >= 4 is 22.6 Å². The Hall–Kier alpha value is -1.05. The van der Waals surface area contributed by atoms with Gasteiger partial charge in [0.25, 0.3) is 0 Å². The lowest BCUT2D eigenvalue weighted by Crippen LogP contribution is -2.14. The smallest absolute Gasteiger partial charge is 0.171 e. The van der Waals surface area contributed by atoms with E-state index in [0.29, 0.717) is 27.7 Å². The van der Waals surface area contributed by atoms with Crippen molar-refractivity contribution in [3.8, 4) is 11.5 Å². The first kappa shape index (κ1) is 21.0.